The third kappa shape index (κ3) is 3.80. The average Bonchev–Trinajstić information content (AvgIpc) is 3.05. The summed E-state index contributed by atoms with van der Waals surface area (Å²) in [5, 5.41) is 13.6. The molecule has 3 rings (SSSR count). The number of hydrogen-bond acceptors (Lipinski definition) is 5. The molecule has 0 aliphatic carbocycles. The molecule has 1 heterocycles. The Morgan fingerprint density at radius 2 is 1.92 bits per heavy atom. The fourth-order valence-corrected chi connectivity index (χ4v) is 2.75. The van der Waals surface area contributed by atoms with Crippen LogP contribution in [-0.4, -0.2) is 23.5 Å². The van der Waals surface area contributed by atoms with Gasteiger partial charge in [-0.15, -0.1) is 0 Å². The smallest absolute Gasteiger partial charge is 0.338 e. The van der Waals surface area contributed by atoms with Crippen molar-refractivity contribution >= 4 is 11.7 Å². The third-order valence-corrected chi connectivity index (χ3v) is 4.01. The van der Waals surface area contributed by atoms with E-state index < -0.39 is 34.7 Å². The number of nitro groups is 1. The lowest BCUT2D eigenvalue weighted by Gasteiger charge is -2.13. The molecule has 0 saturated carbocycles. The minimum absolute atomic E-state index is 0.124. The number of nitrogens with one attached hydrogen (secondary N) is 1. The molecule has 25 heavy (non-hydrogen) atoms. The number of rotatable bonds is 4. The summed E-state index contributed by atoms with van der Waals surface area (Å²) >= 11 is 0. The highest BCUT2D eigenvalue weighted by molar-refractivity contribution is 5.89. The van der Waals surface area contributed by atoms with E-state index in [2.05, 4.69) is 5.32 Å². The Morgan fingerprint density at radius 1 is 1.20 bits per heavy atom. The van der Waals surface area contributed by atoms with Crippen molar-refractivity contribution in [1.82, 2.24) is 5.32 Å². The lowest BCUT2D eigenvalue weighted by molar-refractivity contribution is -0.384. The van der Waals surface area contributed by atoms with Crippen molar-refractivity contribution in [2.45, 2.75) is 18.6 Å². The number of hydrogen-bond donors (Lipinski definition) is 1. The van der Waals surface area contributed by atoms with Gasteiger partial charge in [-0.2, -0.15) is 0 Å². The molecule has 2 aromatic rings. The number of ether oxygens (including phenoxy) is 1. The molecule has 0 amide bonds. The van der Waals surface area contributed by atoms with E-state index in [0.29, 0.717) is 13.0 Å². The molecule has 0 spiro atoms. The zero-order valence-electron chi connectivity index (χ0n) is 12.9. The molecule has 1 N–H and O–H groups in total. The van der Waals surface area contributed by atoms with E-state index in [-0.39, 0.29) is 16.8 Å². The van der Waals surface area contributed by atoms with Gasteiger partial charge >= 0.3 is 5.97 Å². The first-order valence-electron chi connectivity index (χ1n) is 7.58. The lowest BCUT2D eigenvalue weighted by atomic mass is 10.0. The van der Waals surface area contributed by atoms with E-state index >= 15 is 0 Å². The van der Waals surface area contributed by atoms with Crippen LogP contribution >= 0.6 is 0 Å². The van der Waals surface area contributed by atoms with Crippen molar-refractivity contribution in [2.24, 2.45) is 0 Å². The molecule has 0 aromatic heterocycles. The summed E-state index contributed by atoms with van der Waals surface area (Å²) in [5.74, 6) is -1.69. The molecule has 2 unspecified atom stereocenters. The van der Waals surface area contributed by atoms with E-state index in [1.807, 2.05) is 0 Å². The van der Waals surface area contributed by atoms with Crippen molar-refractivity contribution in [3.63, 3.8) is 0 Å². The molecule has 1 aliphatic rings. The average molecular weight is 348 g/mol. The second-order valence-corrected chi connectivity index (χ2v) is 5.69. The number of nitro benzene ring substituents is 1. The number of carbonyl (C=O) groups is 1. The Morgan fingerprint density at radius 3 is 2.60 bits per heavy atom. The normalized spacial score (nSPS) is 19.6. The van der Waals surface area contributed by atoms with Crippen molar-refractivity contribution in [1.29, 1.82) is 0 Å². The van der Waals surface area contributed by atoms with Crippen LogP contribution in [0.3, 0.4) is 0 Å². The highest BCUT2D eigenvalue weighted by Gasteiger charge is 2.30. The summed E-state index contributed by atoms with van der Waals surface area (Å²) in [4.78, 5) is 22.1. The molecular formula is C17H14F2N2O4. The van der Waals surface area contributed by atoms with Crippen molar-refractivity contribution < 1.29 is 23.2 Å². The van der Waals surface area contributed by atoms with Gasteiger partial charge in [0.25, 0.3) is 5.69 Å². The fraction of sp³-hybridized carbons (Fsp3) is 0.235. The first-order chi connectivity index (χ1) is 11.9. The second kappa shape index (κ2) is 6.94. The fourth-order valence-electron chi connectivity index (χ4n) is 2.75. The Bertz CT molecular complexity index is 811. The first kappa shape index (κ1) is 17.0. The summed E-state index contributed by atoms with van der Waals surface area (Å²) in [6.45, 7) is 0.305. The van der Waals surface area contributed by atoms with Crippen LogP contribution in [-0.2, 0) is 4.74 Å². The Labute approximate surface area is 141 Å². The molecule has 1 fully saturated rings. The minimum atomic E-state index is -0.623. The van der Waals surface area contributed by atoms with Crippen LogP contribution in [0.1, 0.15) is 28.4 Å². The molecule has 130 valence electrons. The van der Waals surface area contributed by atoms with Crippen LogP contribution < -0.4 is 5.32 Å². The maximum absolute atomic E-state index is 13.8. The lowest BCUT2D eigenvalue weighted by Crippen LogP contribution is -2.21. The van der Waals surface area contributed by atoms with Gasteiger partial charge in [-0.05, 0) is 30.3 Å². The zero-order chi connectivity index (χ0) is 18.0. The zero-order valence-corrected chi connectivity index (χ0v) is 12.9. The van der Waals surface area contributed by atoms with Crippen molar-refractivity contribution in [2.75, 3.05) is 6.54 Å². The van der Waals surface area contributed by atoms with Gasteiger partial charge in [0.15, 0.2) is 0 Å². The molecule has 8 heteroatoms. The Hall–Kier alpha value is -2.87. The van der Waals surface area contributed by atoms with Crippen LogP contribution in [0.25, 0.3) is 0 Å². The van der Waals surface area contributed by atoms with Gasteiger partial charge in [-0.1, -0.05) is 0 Å². The van der Waals surface area contributed by atoms with Gasteiger partial charge in [0.2, 0.25) is 0 Å². The summed E-state index contributed by atoms with van der Waals surface area (Å²) in [6, 6.07) is 7.82. The predicted molar refractivity (Wildman–Crippen MR) is 84.0 cm³/mol. The van der Waals surface area contributed by atoms with E-state index in [1.165, 1.54) is 24.3 Å². The molecule has 1 aliphatic heterocycles. The Balaban J connectivity index is 1.63. The van der Waals surface area contributed by atoms with Crippen LogP contribution in [0.2, 0.25) is 0 Å². The molecule has 0 bridgehead atoms. The van der Waals surface area contributed by atoms with E-state index in [1.54, 1.807) is 0 Å². The second-order valence-electron chi connectivity index (χ2n) is 5.69. The summed E-state index contributed by atoms with van der Waals surface area (Å²) in [5.41, 5.74) is 0.251. The predicted octanol–water partition coefficient (Wildman–Crippen LogP) is 3.13. The molecule has 1 saturated heterocycles. The summed E-state index contributed by atoms with van der Waals surface area (Å²) in [7, 11) is 0. The van der Waals surface area contributed by atoms with Gasteiger partial charge in [-0.25, -0.2) is 13.6 Å². The highest BCUT2D eigenvalue weighted by Crippen LogP contribution is 2.28. The number of carbonyl (C=O) groups excluding carboxylic acids is 1. The standard InChI is InChI=1S/C17H14F2N2O4/c18-11-3-6-15(19)14(7-11)16-8-13(9-20-16)25-17(22)10-1-4-12(5-2-10)21(23)24/h1-7,13,16,20H,8-9H2. The molecule has 2 aromatic carbocycles. The number of benzene rings is 2. The quantitative estimate of drug-likeness (QED) is 0.521. The molecule has 6 nitrogen and oxygen atoms in total. The summed E-state index contributed by atoms with van der Waals surface area (Å²) in [6.07, 6.45) is -0.200. The maximum atomic E-state index is 13.8. The molecule has 2 atom stereocenters. The number of nitrogens with zero attached hydrogens (tertiary/aromatic N) is 1. The van der Waals surface area contributed by atoms with Crippen molar-refractivity contribution in [3.8, 4) is 0 Å². The van der Waals surface area contributed by atoms with Crippen LogP contribution in [0.5, 0.6) is 0 Å². The first-order valence-corrected chi connectivity index (χ1v) is 7.58. The monoisotopic (exact) mass is 348 g/mol. The maximum Gasteiger partial charge on any atom is 0.338 e. The topological polar surface area (TPSA) is 81.5 Å². The van der Waals surface area contributed by atoms with E-state index in [0.717, 1.165) is 18.2 Å². The van der Waals surface area contributed by atoms with E-state index in [9.17, 15) is 23.7 Å². The third-order valence-electron chi connectivity index (χ3n) is 4.01. The molecular weight excluding hydrogens is 334 g/mol. The largest absolute Gasteiger partial charge is 0.457 e. The number of esters is 1. The van der Waals surface area contributed by atoms with Crippen LogP contribution in [0.15, 0.2) is 42.5 Å². The van der Waals surface area contributed by atoms with Gasteiger partial charge < -0.3 is 10.1 Å². The molecule has 0 radical (unpaired) electrons. The summed E-state index contributed by atoms with van der Waals surface area (Å²) < 4.78 is 32.4. The van der Waals surface area contributed by atoms with Crippen LogP contribution in [0, 0.1) is 21.7 Å². The Kier molecular flexibility index (Phi) is 4.71. The van der Waals surface area contributed by atoms with Gasteiger partial charge in [0.1, 0.15) is 17.7 Å². The SMILES string of the molecule is O=C(OC1CNC(c2cc(F)ccc2F)C1)c1ccc([N+](=O)[O-])cc1. The number of halogens is 2. The van der Waals surface area contributed by atoms with Gasteiger partial charge in [0.05, 0.1) is 10.5 Å². The van der Waals surface area contributed by atoms with Crippen molar-refractivity contribution in [3.05, 3.63) is 75.3 Å². The van der Waals surface area contributed by atoms with Gasteiger partial charge in [0, 0.05) is 36.7 Å². The van der Waals surface area contributed by atoms with Crippen LogP contribution in [0.4, 0.5) is 14.5 Å². The number of non-ortho nitro benzene ring substituents is 1. The van der Waals surface area contributed by atoms with E-state index in [4.69, 9.17) is 4.74 Å². The minimum Gasteiger partial charge on any atom is -0.457 e. The van der Waals surface area contributed by atoms with Gasteiger partial charge in [-0.3, -0.25) is 10.1 Å². The highest BCUT2D eigenvalue weighted by atomic mass is 19.1.